The molecule has 1 aromatic rings. The molecule has 0 aliphatic carbocycles. The van der Waals surface area contributed by atoms with Gasteiger partial charge in [-0.05, 0) is 25.0 Å². The first-order valence-corrected chi connectivity index (χ1v) is 6.97. The van der Waals surface area contributed by atoms with E-state index in [0.29, 0.717) is 19.1 Å². The third-order valence-corrected chi connectivity index (χ3v) is 3.61. The fraction of sp³-hybridized carbons (Fsp3) is 0.571. The quantitative estimate of drug-likeness (QED) is 0.711. The van der Waals surface area contributed by atoms with Crippen LogP contribution in [0.5, 0.6) is 5.75 Å². The second-order valence-electron chi connectivity index (χ2n) is 5.11. The zero-order chi connectivity index (χ0) is 14.4. The molecule has 1 aliphatic heterocycles. The summed E-state index contributed by atoms with van der Waals surface area (Å²) in [5.41, 5.74) is 0.926. The lowest BCUT2D eigenvalue weighted by Crippen LogP contribution is -2.45. The van der Waals surface area contributed by atoms with Gasteiger partial charge in [0.2, 0.25) is 5.91 Å². The fourth-order valence-corrected chi connectivity index (χ4v) is 2.35. The van der Waals surface area contributed by atoms with E-state index in [4.69, 9.17) is 0 Å². The first kappa shape index (κ1) is 14.7. The summed E-state index contributed by atoms with van der Waals surface area (Å²) in [6.45, 7) is 3.07. The van der Waals surface area contributed by atoms with Gasteiger partial charge in [-0.2, -0.15) is 0 Å². The maximum absolute atomic E-state index is 11.3. The Hall–Kier alpha value is -1.66. The predicted octanol–water partition coefficient (Wildman–Crippen LogP) is 0.0872. The number of hydrogen-bond acceptors (Lipinski definition) is 5. The van der Waals surface area contributed by atoms with E-state index in [2.05, 4.69) is 20.5 Å². The molecular weight excluding hydrogens is 256 g/mol. The molecule has 6 nitrogen and oxygen atoms in total. The first-order chi connectivity index (χ1) is 9.67. The van der Waals surface area contributed by atoms with E-state index in [0.717, 1.165) is 31.6 Å². The molecule has 1 amide bonds. The molecule has 0 radical (unpaired) electrons. The average molecular weight is 278 g/mol. The number of amides is 1. The number of pyridine rings is 1. The molecule has 110 valence electrons. The number of aromatic hydroxyl groups is 1. The van der Waals surface area contributed by atoms with Crippen LogP contribution in [0.1, 0.15) is 18.5 Å². The Labute approximate surface area is 119 Å². The number of hydrogen-bond donors (Lipinski definition) is 3. The van der Waals surface area contributed by atoms with E-state index < -0.39 is 0 Å². The summed E-state index contributed by atoms with van der Waals surface area (Å²) in [5, 5.41) is 15.3. The van der Waals surface area contributed by atoms with Crippen LogP contribution in [-0.2, 0) is 11.3 Å². The summed E-state index contributed by atoms with van der Waals surface area (Å²) in [6, 6.07) is 3.94. The second-order valence-corrected chi connectivity index (χ2v) is 5.11. The monoisotopic (exact) mass is 278 g/mol. The molecule has 1 aromatic heterocycles. The molecule has 1 fully saturated rings. The van der Waals surface area contributed by atoms with Gasteiger partial charge < -0.3 is 15.7 Å². The standard InChI is InChI=1S/C14H22N4O2/c1-15-14(20)10-18-6-4-11(5-7-18)16-8-12-2-3-13(19)9-17-12/h2-3,9,11,16,19H,4-8,10H2,1H3,(H,15,20). The Balaban J connectivity index is 1.69. The number of likely N-dealkylation sites (N-methyl/N-ethyl adjacent to an activating group) is 1. The Morgan fingerprint density at radius 2 is 2.20 bits per heavy atom. The van der Waals surface area contributed by atoms with Crippen molar-refractivity contribution in [1.82, 2.24) is 20.5 Å². The minimum atomic E-state index is 0.0738. The molecule has 0 spiro atoms. The van der Waals surface area contributed by atoms with Gasteiger partial charge in [-0.15, -0.1) is 0 Å². The zero-order valence-corrected chi connectivity index (χ0v) is 11.8. The van der Waals surface area contributed by atoms with E-state index in [9.17, 15) is 9.90 Å². The highest BCUT2D eigenvalue weighted by Crippen LogP contribution is 2.11. The Morgan fingerprint density at radius 3 is 2.80 bits per heavy atom. The van der Waals surface area contributed by atoms with Crippen LogP contribution in [0.4, 0.5) is 0 Å². The molecule has 2 heterocycles. The smallest absolute Gasteiger partial charge is 0.233 e. The van der Waals surface area contributed by atoms with Gasteiger partial charge in [0.1, 0.15) is 5.75 Å². The highest BCUT2D eigenvalue weighted by atomic mass is 16.3. The number of likely N-dealkylation sites (tertiary alicyclic amines) is 1. The number of nitrogens with one attached hydrogen (secondary N) is 2. The molecule has 3 N–H and O–H groups in total. The summed E-state index contributed by atoms with van der Waals surface area (Å²) in [6.07, 6.45) is 3.53. The van der Waals surface area contributed by atoms with Crippen LogP contribution < -0.4 is 10.6 Å². The van der Waals surface area contributed by atoms with Gasteiger partial charge in [0.05, 0.1) is 18.4 Å². The lowest BCUT2D eigenvalue weighted by Gasteiger charge is -2.31. The Bertz CT molecular complexity index is 427. The average Bonchev–Trinajstić information content (AvgIpc) is 2.48. The van der Waals surface area contributed by atoms with Crippen molar-refractivity contribution in [2.24, 2.45) is 0 Å². The highest BCUT2D eigenvalue weighted by molar-refractivity contribution is 5.77. The number of piperidine rings is 1. The summed E-state index contributed by atoms with van der Waals surface area (Å²) in [7, 11) is 1.67. The molecule has 6 heteroatoms. The van der Waals surface area contributed by atoms with Gasteiger partial charge >= 0.3 is 0 Å². The van der Waals surface area contributed by atoms with Crippen LogP contribution in [0.3, 0.4) is 0 Å². The molecule has 0 unspecified atom stereocenters. The molecular formula is C14H22N4O2. The van der Waals surface area contributed by atoms with Gasteiger partial charge in [0.15, 0.2) is 0 Å². The van der Waals surface area contributed by atoms with Crippen molar-refractivity contribution in [3.63, 3.8) is 0 Å². The number of nitrogens with zero attached hydrogens (tertiary/aromatic N) is 2. The SMILES string of the molecule is CNC(=O)CN1CCC(NCc2ccc(O)cn2)CC1. The van der Waals surface area contributed by atoms with Gasteiger partial charge in [-0.1, -0.05) is 0 Å². The second kappa shape index (κ2) is 7.21. The third kappa shape index (κ3) is 4.47. The van der Waals surface area contributed by atoms with Crippen LogP contribution in [-0.4, -0.2) is 53.6 Å². The maximum Gasteiger partial charge on any atom is 0.233 e. The first-order valence-electron chi connectivity index (χ1n) is 6.97. The molecule has 0 saturated carbocycles. The van der Waals surface area contributed by atoms with Crippen molar-refractivity contribution in [2.75, 3.05) is 26.7 Å². The molecule has 20 heavy (non-hydrogen) atoms. The van der Waals surface area contributed by atoms with Crippen molar-refractivity contribution in [3.05, 3.63) is 24.0 Å². The molecule has 1 aliphatic rings. The van der Waals surface area contributed by atoms with Crippen molar-refractivity contribution in [1.29, 1.82) is 0 Å². The van der Waals surface area contributed by atoms with Gasteiger partial charge in [0.25, 0.3) is 0 Å². The molecule has 0 aromatic carbocycles. The molecule has 2 rings (SSSR count). The van der Waals surface area contributed by atoms with E-state index >= 15 is 0 Å². The van der Waals surface area contributed by atoms with Gasteiger partial charge in [0, 0.05) is 32.7 Å². The van der Waals surface area contributed by atoms with Crippen molar-refractivity contribution in [2.45, 2.75) is 25.4 Å². The van der Waals surface area contributed by atoms with Crippen molar-refractivity contribution >= 4 is 5.91 Å². The van der Waals surface area contributed by atoms with Crippen molar-refractivity contribution < 1.29 is 9.90 Å². The maximum atomic E-state index is 11.3. The van der Waals surface area contributed by atoms with E-state index in [1.807, 2.05) is 6.07 Å². The number of carbonyl (C=O) groups is 1. The third-order valence-electron chi connectivity index (χ3n) is 3.61. The van der Waals surface area contributed by atoms with Crippen LogP contribution in [0, 0.1) is 0 Å². The Kier molecular flexibility index (Phi) is 5.31. The van der Waals surface area contributed by atoms with E-state index in [1.54, 1.807) is 13.1 Å². The summed E-state index contributed by atoms with van der Waals surface area (Å²) in [5.74, 6) is 0.265. The van der Waals surface area contributed by atoms with Gasteiger partial charge in [-0.25, -0.2) is 0 Å². The number of rotatable bonds is 5. The topological polar surface area (TPSA) is 77.5 Å². The zero-order valence-electron chi connectivity index (χ0n) is 11.8. The highest BCUT2D eigenvalue weighted by Gasteiger charge is 2.20. The number of carbonyl (C=O) groups excluding carboxylic acids is 1. The normalized spacial score (nSPS) is 17.1. The largest absolute Gasteiger partial charge is 0.506 e. The van der Waals surface area contributed by atoms with Crippen LogP contribution in [0.15, 0.2) is 18.3 Å². The van der Waals surface area contributed by atoms with Crippen LogP contribution in [0.2, 0.25) is 0 Å². The summed E-state index contributed by atoms with van der Waals surface area (Å²) in [4.78, 5) is 17.6. The Morgan fingerprint density at radius 1 is 1.45 bits per heavy atom. The number of aromatic nitrogens is 1. The predicted molar refractivity (Wildman–Crippen MR) is 76.3 cm³/mol. The lowest BCUT2D eigenvalue weighted by atomic mass is 10.0. The molecule has 1 saturated heterocycles. The molecule has 0 bridgehead atoms. The molecule has 0 atom stereocenters. The van der Waals surface area contributed by atoms with Crippen LogP contribution in [0.25, 0.3) is 0 Å². The van der Waals surface area contributed by atoms with Gasteiger partial charge in [-0.3, -0.25) is 14.7 Å². The van der Waals surface area contributed by atoms with E-state index in [1.165, 1.54) is 6.20 Å². The van der Waals surface area contributed by atoms with Crippen molar-refractivity contribution in [3.8, 4) is 5.75 Å². The van der Waals surface area contributed by atoms with Crippen LogP contribution >= 0.6 is 0 Å². The lowest BCUT2D eigenvalue weighted by molar-refractivity contribution is -0.122. The summed E-state index contributed by atoms with van der Waals surface area (Å²) >= 11 is 0. The minimum Gasteiger partial charge on any atom is -0.506 e. The minimum absolute atomic E-state index is 0.0738. The van der Waals surface area contributed by atoms with E-state index in [-0.39, 0.29) is 11.7 Å². The summed E-state index contributed by atoms with van der Waals surface area (Å²) < 4.78 is 0. The fourth-order valence-electron chi connectivity index (χ4n) is 2.35.